The number of carbonyl (C=O) groups excluding carboxylic acids is 4. The number of fused-ring (bicyclic) bond motifs is 3. The lowest BCUT2D eigenvalue weighted by Crippen LogP contribution is -2.62. The predicted molar refractivity (Wildman–Crippen MR) is 130 cm³/mol. The first-order chi connectivity index (χ1) is 16.8. The summed E-state index contributed by atoms with van der Waals surface area (Å²) in [5.74, 6) is -0.489. The fourth-order valence-electron chi connectivity index (χ4n) is 4.79. The molecule has 0 spiro atoms. The van der Waals surface area contributed by atoms with Crippen LogP contribution in [-0.2, 0) is 9.59 Å². The molecule has 4 amide bonds. The second-order valence-electron chi connectivity index (χ2n) is 9.03. The first kappa shape index (κ1) is 24.3. The van der Waals surface area contributed by atoms with Gasteiger partial charge in [-0.3, -0.25) is 24.1 Å². The molecule has 0 aliphatic carbocycles. The Morgan fingerprint density at radius 3 is 2.60 bits per heavy atom. The highest BCUT2D eigenvalue weighted by molar-refractivity contribution is 6.10. The molecule has 2 aromatic carbocycles. The maximum Gasteiger partial charge on any atom is 0.257 e. The van der Waals surface area contributed by atoms with Crippen LogP contribution >= 0.6 is 0 Å². The number of rotatable bonds is 9. The second kappa shape index (κ2) is 10.2. The van der Waals surface area contributed by atoms with Crippen LogP contribution < -0.4 is 15.5 Å². The van der Waals surface area contributed by atoms with E-state index in [1.54, 1.807) is 34.1 Å². The van der Waals surface area contributed by atoms with Gasteiger partial charge in [0.05, 0.1) is 11.3 Å². The Balaban J connectivity index is 1.22. The van der Waals surface area contributed by atoms with E-state index < -0.39 is 5.66 Å². The van der Waals surface area contributed by atoms with Crippen molar-refractivity contribution in [1.82, 2.24) is 15.5 Å². The molecule has 0 saturated carbocycles. The van der Waals surface area contributed by atoms with Crippen LogP contribution in [0.2, 0.25) is 0 Å². The molecule has 9 heteroatoms. The van der Waals surface area contributed by atoms with E-state index in [4.69, 9.17) is 0 Å². The van der Waals surface area contributed by atoms with Crippen molar-refractivity contribution in [2.45, 2.75) is 44.7 Å². The predicted octanol–water partition coefficient (Wildman–Crippen LogP) is 2.41. The molecule has 0 aromatic heterocycles. The van der Waals surface area contributed by atoms with Crippen LogP contribution in [0, 0.1) is 0 Å². The number of nitrogens with zero attached hydrogens (tertiary/aromatic N) is 2. The monoisotopic (exact) mass is 478 g/mol. The average Bonchev–Trinajstić information content (AvgIpc) is 3.15. The third kappa shape index (κ3) is 4.99. The molecule has 0 bridgehead atoms. The highest BCUT2D eigenvalue weighted by Gasteiger charge is 2.52. The molecule has 2 aliphatic rings. The summed E-state index contributed by atoms with van der Waals surface area (Å²) in [6.45, 7) is 3.09. The number of hydrogen-bond acceptors (Lipinski definition) is 5. The summed E-state index contributed by atoms with van der Waals surface area (Å²) in [7, 11) is 0. The number of nitrogens with one attached hydrogen (secondary N) is 2. The fraction of sp³-hybridized carbons (Fsp3) is 0.385. The second-order valence-corrected chi connectivity index (χ2v) is 9.03. The van der Waals surface area contributed by atoms with Crippen molar-refractivity contribution < 1.29 is 24.3 Å². The zero-order valence-corrected chi connectivity index (χ0v) is 19.8. The van der Waals surface area contributed by atoms with Gasteiger partial charge in [-0.15, -0.1) is 0 Å². The maximum absolute atomic E-state index is 13.2. The molecule has 1 fully saturated rings. The van der Waals surface area contributed by atoms with E-state index in [2.05, 4.69) is 10.6 Å². The van der Waals surface area contributed by atoms with Crippen molar-refractivity contribution in [3.63, 3.8) is 0 Å². The van der Waals surface area contributed by atoms with Crippen LogP contribution in [0.3, 0.4) is 0 Å². The normalized spacial score (nSPS) is 18.8. The minimum atomic E-state index is -0.716. The topological polar surface area (TPSA) is 119 Å². The van der Waals surface area contributed by atoms with Crippen molar-refractivity contribution in [2.24, 2.45) is 0 Å². The van der Waals surface area contributed by atoms with Gasteiger partial charge in [0, 0.05) is 38.0 Å². The quantitative estimate of drug-likeness (QED) is 0.478. The Hall–Kier alpha value is -3.88. The summed E-state index contributed by atoms with van der Waals surface area (Å²) in [6.07, 6.45) is 2.24. The number of amides is 4. The molecule has 2 aromatic rings. The van der Waals surface area contributed by atoms with Gasteiger partial charge in [-0.05, 0) is 56.5 Å². The summed E-state index contributed by atoms with van der Waals surface area (Å²) in [4.78, 5) is 53.6. The van der Waals surface area contributed by atoms with E-state index in [0.29, 0.717) is 62.1 Å². The van der Waals surface area contributed by atoms with Crippen molar-refractivity contribution in [2.75, 3.05) is 24.5 Å². The van der Waals surface area contributed by atoms with Crippen LogP contribution in [0.1, 0.15) is 59.7 Å². The van der Waals surface area contributed by atoms with E-state index in [1.807, 2.05) is 19.1 Å². The number of anilines is 1. The maximum atomic E-state index is 13.2. The molecular weight excluding hydrogens is 448 g/mol. The number of carbonyl (C=O) groups is 4. The van der Waals surface area contributed by atoms with Gasteiger partial charge in [0.1, 0.15) is 11.4 Å². The number of phenolic OH excluding ortho intramolecular Hbond substituents is 1. The van der Waals surface area contributed by atoms with Crippen molar-refractivity contribution in [3.05, 3.63) is 59.7 Å². The Kier molecular flexibility index (Phi) is 7.04. The highest BCUT2D eigenvalue weighted by atomic mass is 16.3. The number of hydrogen-bond donors (Lipinski definition) is 3. The van der Waals surface area contributed by atoms with Crippen molar-refractivity contribution in [1.29, 1.82) is 0 Å². The molecule has 0 radical (unpaired) electrons. The Labute approximate surface area is 204 Å². The molecule has 184 valence electrons. The Morgan fingerprint density at radius 1 is 1.03 bits per heavy atom. The molecule has 3 N–H and O–H groups in total. The van der Waals surface area contributed by atoms with Crippen molar-refractivity contribution >= 4 is 29.3 Å². The molecule has 1 saturated heterocycles. The summed E-state index contributed by atoms with van der Waals surface area (Å²) < 4.78 is 0. The fourth-order valence-corrected chi connectivity index (χ4v) is 4.79. The van der Waals surface area contributed by atoms with E-state index in [9.17, 15) is 24.3 Å². The molecule has 1 atom stereocenters. The zero-order chi connectivity index (χ0) is 25.0. The van der Waals surface area contributed by atoms with Crippen LogP contribution in [0.4, 0.5) is 5.69 Å². The van der Waals surface area contributed by atoms with Gasteiger partial charge in [-0.25, -0.2) is 0 Å². The molecule has 9 nitrogen and oxygen atoms in total. The SMILES string of the molecule is CC12CCC(=O)N1c1ccccc1C(=O)N2CCCC(=O)NCCCNC(=O)c1cccc(O)c1. The van der Waals surface area contributed by atoms with Gasteiger partial charge in [0.2, 0.25) is 11.8 Å². The molecule has 2 aliphatic heterocycles. The average molecular weight is 479 g/mol. The van der Waals surface area contributed by atoms with Crippen molar-refractivity contribution in [3.8, 4) is 5.75 Å². The van der Waals surface area contributed by atoms with E-state index in [0.717, 1.165) is 0 Å². The van der Waals surface area contributed by atoms with Gasteiger partial charge < -0.3 is 20.6 Å². The standard InChI is InChI=1S/C26H30N4O5/c1-26-13-12-23(33)30(26)21-10-3-2-9-20(21)25(35)29(26)16-5-11-22(32)27-14-6-15-28-24(34)18-7-4-8-19(31)17-18/h2-4,7-10,17,31H,5-6,11-16H2,1H3,(H,27,32)(H,28,34). The summed E-state index contributed by atoms with van der Waals surface area (Å²) in [6, 6.07) is 13.3. The van der Waals surface area contributed by atoms with Gasteiger partial charge >= 0.3 is 0 Å². The van der Waals surface area contributed by atoms with Crippen LogP contribution in [0.25, 0.3) is 0 Å². The first-order valence-corrected chi connectivity index (χ1v) is 11.9. The Bertz CT molecular complexity index is 1150. The molecular formula is C26H30N4O5. The summed E-state index contributed by atoms with van der Waals surface area (Å²) in [5.41, 5.74) is 0.831. The molecule has 1 unspecified atom stereocenters. The molecule has 35 heavy (non-hydrogen) atoms. The minimum absolute atomic E-state index is 0.00588. The lowest BCUT2D eigenvalue weighted by molar-refractivity contribution is -0.121. The van der Waals surface area contributed by atoms with Gasteiger partial charge in [-0.2, -0.15) is 0 Å². The van der Waals surface area contributed by atoms with E-state index in [1.165, 1.54) is 12.1 Å². The smallest absolute Gasteiger partial charge is 0.257 e. The van der Waals surface area contributed by atoms with Gasteiger partial charge in [0.15, 0.2) is 0 Å². The number of phenols is 1. The largest absolute Gasteiger partial charge is 0.508 e. The lowest BCUT2D eigenvalue weighted by Gasteiger charge is -2.48. The van der Waals surface area contributed by atoms with Crippen LogP contribution in [0.15, 0.2) is 48.5 Å². The third-order valence-corrected chi connectivity index (χ3v) is 6.60. The first-order valence-electron chi connectivity index (χ1n) is 11.9. The lowest BCUT2D eigenvalue weighted by atomic mass is 9.98. The van der Waals surface area contributed by atoms with Crippen LogP contribution in [-0.4, -0.2) is 58.9 Å². The summed E-state index contributed by atoms with van der Waals surface area (Å²) in [5, 5.41) is 15.0. The Morgan fingerprint density at radius 2 is 1.80 bits per heavy atom. The van der Waals surface area contributed by atoms with Gasteiger partial charge in [-0.1, -0.05) is 18.2 Å². The number of benzene rings is 2. The minimum Gasteiger partial charge on any atom is -0.508 e. The van der Waals surface area contributed by atoms with Crippen LogP contribution in [0.5, 0.6) is 5.75 Å². The number of para-hydroxylation sites is 1. The van der Waals surface area contributed by atoms with Gasteiger partial charge in [0.25, 0.3) is 11.8 Å². The highest BCUT2D eigenvalue weighted by Crippen LogP contribution is 2.43. The number of aromatic hydroxyl groups is 1. The van der Waals surface area contributed by atoms with E-state index >= 15 is 0 Å². The van der Waals surface area contributed by atoms with E-state index in [-0.39, 0.29) is 35.8 Å². The zero-order valence-electron chi connectivity index (χ0n) is 19.8. The molecule has 4 rings (SSSR count). The summed E-state index contributed by atoms with van der Waals surface area (Å²) >= 11 is 0. The third-order valence-electron chi connectivity index (χ3n) is 6.60. The molecule has 2 heterocycles.